The van der Waals surface area contributed by atoms with E-state index in [9.17, 15) is 9.59 Å². The molecule has 400 valence electrons. The van der Waals surface area contributed by atoms with Gasteiger partial charge in [-0.2, -0.15) is 0 Å². The minimum Gasteiger partial charge on any atom is -0.369 e. The molecule has 2 saturated heterocycles. The number of carbonyl (C=O) groups excluding carboxylic acids is 2. The molecule has 0 atom stereocenters. The first-order valence-electron chi connectivity index (χ1n) is 26.6. The maximum Gasteiger partial charge on any atom is 0.131 e. The third-order valence-electron chi connectivity index (χ3n) is 8.73. The molecule has 0 aliphatic carbocycles. The quantitative estimate of drug-likeness (QED) is 0.186. The zero-order valence-corrected chi connectivity index (χ0v) is 49.7. The smallest absolute Gasteiger partial charge is 0.131 e. The van der Waals surface area contributed by atoms with Crippen LogP contribution in [0.4, 0.5) is 11.4 Å². The van der Waals surface area contributed by atoms with Gasteiger partial charge in [-0.3, -0.25) is 9.69 Å². The van der Waals surface area contributed by atoms with Crippen LogP contribution in [0.15, 0.2) is 120 Å². The fraction of sp³-hybridized carbons (Fsp3) is 0.516. The Hall–Kier alpha value is -4.34. The Balaban J connectivity index is -0.000000175. The van der Waals surface area contributed by atoms with Gasteiger partial charge in [0.15, 0.2) is 0 Å². The summed E-state index contributed by atoms with van der Waals surface area (Å²) in [4.78, 5) is 27.6. The molecule has 4 aromatic carbocycles. The molecule has 8 heteroatoms. The minimum atomic E-state index is 0. The fourth-order valence-electron chi connectivity index (χ4n) is 5.92. The summed E-state index contributed by atoms with van der Waals surface area (Å²) < 4.78 is 2.76. The van der Waals surface area contributed by atoms with Crippen molar-refractivity contribution in [3.63, 3.8) is 0 Å². The number of aryl methyl sites for hydroxylation is 2. The molecule has 8 rings (SSSR count). The van der Waals surface area contributed by atoms with Crippen LogP contribution in [-0.4, -0.2) is 75.4 Å². The van der Waals surface area contributed by atoms with Gasteiger partial charge in [0, 0.05) is 86.1 Å². The van der Waals surface area contributed by atoms with E-state index in [0.29, 0.717) is 6.42 Å². The standard InChI is InChI=1S/C14H20N2O.C10H14N2.2C9H8S.C3H6O.8C2H6.CH4/c1-13(17)7-8-15-9-11-16(12-10-15)14-5-3-2-4-6-14;1-2-4-10(5-3-1)12-8-6-11-7-9-12;2*1-7-2-3-9-8(6-7)4-5-10-9;1-3(2)4;8*1-2;/h2-6H,7-12H2,1H3;1-5,11H,6-9H2;2*2-6H,1H3;1-2H3;8*1-2H3;1H4. The highest BCUT2D eigenvalue weighted by atomic mass is 32.1. The second kappa shape index (κ2) is 57.2. The van der Waals surface area contributed by atoms with Gasteiger partial charge in [0.25, 0.3) is 0 Å². The lowest BCUT2D eigenvalue weighted by Crippen LogP contribution is -2.46. The molecule has 2 aliphatic rings. The number of nitrogens with zero attached hydrogens (tertiary/aromatic N) is 3. The summed E-state index contributed by atoms with van der Waals surface area (Å²) in [5.41, 5.74) is 5.33. The van der Waals surface area contributed by atoms with Crippen LogP contribution in [-0.2, 0) is 9.59 Å². The number of thiophene rings is 2. The second-order valence-corrected chi connectivity index (χ2v) is 15.4. The second-order valence-electron chi connectivity index (χ2n) is 13.5. The maximum atomic E-state index is 10.9. The predicted molar refractivity (Wildman–Crippen MR) is 329 cm³/mol. The Labute approximate surface area is 442 Å². The molecule has 0 unspecified atom stereocenters. The summed E-state index contributed by atoms with van der Waals surface area (Å²) in [5, 5.41) is 10.3. The van der Waals surface area contributed by atoms with Crippen molar-refractivity contribution in [1.82, 2.24) is 10.2 Å². The van der Waals surface area contributed by atoms with Gasteiger partial charge in [-0.25, -0.2) is 0 Å². The third kappa shape index (κ3) is 38.4. The van der Waals surface area contributed by atoms with Gasteiger partial charge in [-0.05, 0) is 105 Å². The number of rotatable bonds is 5. The van der Waals surface area contributed by atoms with Crippen molar-refractivity contribution >= 4 is 65.8 Å². The van der Waals surface area contributed by atoms with E-state index in [1.807, 2.05) is 117 Å². The van der Waals surface area contributed by atoms with E-state index in [1.54, 1.807) is 29.6 Å². The van der Waals surface area contributed by atoms with E-state index in [-0.39, 0.29) is 19.0 Å². The normalized spacial score (nSPS) is 11.3. The van der Waals surface area contributed by atoms with E-state index in [1.165, 1.54) is 56.5 Å². The number of hydrogen-bond donors (Lipinski definition) is 1. The average molecular weight is 1010 g/mol. The molecule has 0 spiro atoms. The molecule has 70 heavy (non-hydrogen) atoms. The molecule has 0 bridgehead atoms. The number of para-hydroxylation sites is 2. The minimum absolute atomic E-state index is 0. The molecule has 2 fully saturated rings. The van der Waals surface area contributed by atoms with Crippen molar-refractivity contribution in [2.75, 3.05) is 68.7 Å². The van der Waals surface area contributed by atoms with Crippen LogP contribution in [0.1, 0.15) is 157 Å². The number of hydrogen-bond acceptors (Lipinski definition) is 8. The number of ketones is 2. The van der Waals surface area contributed by atoms with Crippen LogP contribution in [0, 0.1) is 13.8 Å². The van der Waals surface area contributed by atoms with Gasteiger partial charge >= 0.3 is 0 Å². The van der Waals surface area contributed by atoms with E-state index in [0.717, 1.165) is 58.9 Å². The van der Waals surface area contributed by atoms with Gasteiger partial charge < -0.3 is 19.9 Å². The van der Waals surface area contributed by atoms with Crippen molar-refractivity contribution in [1.29, 1.82) is 0 Å². The van der Waals surface area contributed by atoms with Crippen LogP contribution in [0.2, 0.25) is 0 Å². The lowest BCUT2D eigenvalue weighted by atomic mass is 10.2. The first-order chi connectivity index (χ1) is 33.7. The van der Waals surface area contributed by atoms with Crippen molar-refractivity contribution in [2.24, 2.45) is 0 Å². The largest absolute Gasteiger partial charge is 0.369 e. The lowest BCUT2D eigenvalue weighted by molar-refractivity contribution is -0.117. The molecular weight excluding hydrogens is 897 g/mol. The van der Waals surface area contributed by atoms with Gasteiger partial charge in [0.1, 0.15) is 11.6 Å². The molecule has 0 radical (unpaired) electrons. The Bertz CT molecular complexity index is 1850. The SMILES string of the molecule is C.CC.CC.CC.CC.CC.CC.CC.CC.CC(=O)CCN1CCN(c2ccccc2)CC1.CC(C)=O.Cc1ccc2sccc2c1.Cc1ccc2sccc2c1.c1ccc(N2CCNCC2)cc1. The molecule has 0 saturated carbocycles. The number of nitrogens with one attached hydrogen (secondary N) is 1. The lowest BCUT2D eigenvalue weighted by Gasteiger charge is -2.36. The maximum absolute atomic E-state index is 10.9. The number of fused-ring (bicyclic) bond motifs is 2. The van der Waals surface area contributed by atoms with Gasteiger partial charge in [-0.15, -0.1) is 22.7 Å². The Morgan fingerprint density at radius 2 is 0.800 bits per heavy atom. The number of Topliss-reactive ketones (excluding diaryl/α,β-unsaturated/α-hetero) is 2. The van der Waals surface area contributed by atoms with Crippen molar-refractivity contribution < 1.29 is 9.59 Å². The average Bonchev–Trinajstić information content (AvgIpc) is 4.11. The fourth-order valence-corrected chi connectivity index (χ4v) is 7.46. The van der Waals surface area contributed by atoms with Gasteiger partial charge in [0.2, 0.25) is 0 Å². The number of carbonyl (C=O) groups is 2. The summed E-state index contributed by atoms with van der Waals surface area (Å²) >= 11 is 3.59. The Morgan fingerprint density at radius 1 is 0.471 bits per heavy atom. The van der Waals surface area contributed by atoms with Crippen molar-refractivity contribution in [2.45, 2.75) is 159 Å². The monoisotopic (exact) mass is 1000 g/mol. The van der Waals surface area contributed by atoms with E-state index >= 15 is 0 Å². The van der Waals surface area contributed by atoms with E-state index in [2.05, 4.69) is 148 Å². The van der Waals surface area contributed by atoms with Crippen LogP contribution >= 0.6 is 22.7 Å². The number of benzene rings is 4. The predicted octanol–water partition coefficient (Wildman–Crippen LogP) is 18.7. The number of anilines is 2. The molecule has 4 heterocycles. The molecule has 2 aliphatic heterocycles. The van der Waals surface area contributed by atoms with Crippen LogP contribution in [0.3, 0.4) is 0 Å². The Morgan fingerprint density at radius 3 is 1.13 bits per heavy atom. The van der Waals surface area contributed by atoms with E-state index < -0.39 is 0 Å². The molecule has 0 amide bonds. The van der Waals surface area contributed by atoms with Crippen LogP contribution in [0.25, 0.3) is 20.2 Å². The molecular formula is C62H108N4O2S2. The highest BCUT2D eigenvalue weighted by molar-refractivity contribution is 7.17. The third-order valence-corrected chi connectivity index (χ3v) is 10.5. The summed E-state index contributed by atoms with van der Waals surface area (Å²) in [5.74, 6) is 0.454. The van der Waals surface area contributed by atoms with Gasteiger partial charge in [0.05, 0.1) is 0 Å². The number of piperazine rings is 2. The summed E-state index contributed by atoms with van der Waals surface area (Å²) in [6.07, 6.45) is 0.686. The zero-order valence-electron chi connectivity index (χ0n) is 48.1. The highest BCUT2D eigenvalue weighted by Crippen LogP contribution is 2.22. The van der Waals surface area contributed by atoms with Crippen molar-refractivity contribution in [3.05, 3.63) is 131 Å². The Kier molecular flexibility index (Phi) is 63.1. The topological polar surface area (TPSA) is 55.9 Å². The molecule has 2 aromatic heterocycles. The first-order valence-corrected chi connectivity index (χ1v) is 28.3. The first kappa shape index (κ1) is 77.1. The van der Waals surface area contributed by atoms with Crippen molar-refractivity contribution in [3.8, 4) is 0 Å². The zero-order chi connectivity index (χ0) is 53.8. The molecule has 1 N–H and O–H groups in total. The van der Waals surface area contributed by atoms with Gasteiger partial charge in [-0.1, -0.05) is 190 Å². The highest BCUT2D eigenvalue weighted by Gasteiger charge is 2.16. The summed E-state index contributed by atoms with van der Waals surface area (Å²) in [6, 6.07) is 38.5. The van der Waals surface area contributed by atoms with E-state index in [4.69, 9.17) is 0 Å². The summed E-state index contributed by atoms with van der Waals surface area (Å²) in [6.45, 7) is 50.6. The molecule has 6 aromatic rings. The molecule has 6 nitrogen and oxygen atoms in total. The summed E-state index contributed by atoms with van der Waals surface area (Å²) in [7, 11) is 0. The van der Waals surface area contributed by atoms with Crippen LogP contribution in [0.5, 0.6) is 0 Å². The van der Waals surface area contributed by atoms with Crippen LogP contribution < -0.4 is 15.1 Å².